The van der Waals surface area contributed by atoms with E-state index in [1.54, 1.807) is 11.9 Å². The van der Waals surface area contributed by atoms with Gasteiger partial charge in [-0.1, -0.05) is 24.3 Å². The number of hydrogen-bond acceptors (Lipinski definition) is 3. The maximum Gasteiger partial charge on any atom is 0.387 e. The average Bonchev–Trinajstić information content (AvgIpc) is 3.04. The molecule has 1 amide bonds. The van der Waals surface area contributed by atoms with Crippen molar-refractivity contribution in [3.63, 3.8) is 0 Å². The number of halogens is 2. The molecule has 0 spiro atoms. The summed E-state index contributed by atoms with van der Waals surface area (Å²) in [7, 11) is 3.10. The van der Waals surface area contributed by atoms with E-state index in [-0.39, 0.29) is 23.4 Å². The first-order valence-electron chi connectivity index (χ1n) is 7.99. The van der Waals surface area contributed by atoms with Gasteiger partial charge < -0.3 is 14.4 Å². The lowest BCUT2D eigenvalue weighted by Crippen LogP contribution is -2.30. The second-order valence-electron chi connectivity index (χ2n) is 5.91. The second-order valence-corrected chi connectivity index (χ2v) is 5.91. The van der Waals surface area contributed by atoms with Crippen molar-refractivity contribution in [1.82, 2.24) is 4.90 Å². The first-order valence-corrected chi connectivity index (χ1v) is 7.99. The van der Waals surface area contributed by atoms with Gasteiger partial charge in [-0.05, 0) is 42.2 Å². The van der Waals surface area contributed by atoms with Crippen LogP contribution in [0, 0.1) is 0 Å². The molecule has 0 N–H and O–H groups in total. The van der Waals surface area contributed by atoms with Gasteiger partial charge in [-0.25, -0.2) is 0 Å². The van der Waals surface area contributed by atoms with Crippen molar-refractivity contribution in [3.8, 4) is 11.5 Å². The van der Waals surface area contributed by atoms with Crippen molar-refractivity contribution in [2.75, 3.05) is 14.2 Å². The van der Waals surface area contributed by atoms with Crippen LogP contribution in [-0.4, -0.2) is 31.6 Å². The smallest absolute Gasteiger partial charge is 0.387 e. The van der Waals surface area contributed by atoms with Gasteiger partial charge in [0.05, 0.1) is 13.2 Å². The molecule has 0 bridgehead atoms. The molecule has 132 valence electrons. The fraction of sp³-hybridized carbons (Fsp3) is 0.316. The summed E-state index contributed by atoms with van der Waals surface area (Å²) in [4.78, 5) is 14.5. The number of nitrogens with zero attached hydrogens (tertiary/aromatic N) is 1. The maximum atomic E-state index is 12.8. The highest BCUT2D eigenvalue weighted by molar-refractivity contribution is 5.95. The molecule has 0 saturated carbocycles. The van der Waals surface area contributed by atoms with Crippen molar-refractivity contribution >= 4 is 5.91 Å². The Morgan fingerprint density at radius 1 is 1.20 bits per heavy atom. The van der Waals surface area contributed by atoms with Gasteiger partial charge in [-0.3, -0.25) is 4.79 Å². The van der Waals surface area contributed by atoms with Crippen LogP contribution in [0.15, 0.2) is 42.5 Å². The molecule has 0 aliphatic heterocycles. The van der Waals surface area contributed by atoms with Gasteiger partial charge in [0.2, 0.25) is 0 Å². The molecular formula is C19H19F2NO3. The van der Waals surface area contributed by atoms with E-state index in [1.165, 1.54) is 30.9 Å². The zero-order valence-electron chi connectivity index (χ0n) is 14.0. The Morgan fingerprint density at radius 2 is 1.96 bits per heavy atom. The molecule has 0 fully saturated rings. The molecule has 0 unspecified atom stereocenters. The summed E-state index contributed by atoms with van der Waals surface area (Å²) < 4.78 is 34.3. The number of hydrogen-bond donors (Lipinski definition) is 0. The largest absolute Gasteiger partial charge is 0.493 e. The summed E-state index contributed by atoms with van der Waals surface area (Å²) in [5.74, 6) is -0.183. The first-order chi connectivity index (χ1) is 12.0. The predicted molar refractivity (Wildman–Crippen MR) is 89.2 cm³/mol. The molecule has 2 aromatic carbocycles. The van der Waals surface area contributed by atoms with Gasteiger partial charge in [0.25, 0.3) is 5.91 Å². The highest BCUT2D eigenvalue weighted by atomic mass is 19.3. The summed E-state index contributed by atoms with van der Waals surface area (Å²) in [6.07, 6.45) is 1.80. The van der Waals surface area contributed by atoms with Gasteiger partial charge in [0.15, 0.2) is 11.5 Å². The topological polar surface area (TPSA) is 38.8 Å². The average molecular weight is 347 g/mol. The monoisotopic (exact) mass is 347 g/mol. The van der Waals surface area contributed by atoms with E-state index >= 15 is 0 Å². The van der Waals surface area contributed by atoms with Crippen LogP contribution < -0.4 is 9.47 Å². The summed E-state index contributed by atoms with van der Waals surface area (Å²) in [6.45, 7) is -2.95. The molecule has 2 aromatic rings. The van der Waals surface area contributed by atoms with E-state index in [4.69, 9.17) is 4.74 Å². The number of rotatable bonds is 5. The fourth-order valence-corrected chi connectivity index (χ4v) is 3.28. The molecule has 6 heteroatoms. The number of ether oxygens (including phenoxy) is 2. The number of methoxy groups -OCH3 is 1. The third-order valence-electron chi connectivity index (χ3n) is 4.52. The molecule has 3 rings (SSSR count). The fourth-order valence-electron chi connectivity index (χ4n) is 3.28. The van der Waals surface area contributed by atoms with Crippen molar-refractivity contribution in [1.29, 1.82) is 0 Å². The molecular weight excluding hydrogens is 328 g/mol. The Labute approximate surface area is 145 Å². The molecule has 0 radical (unpaired) electrons. The Bertz CT molecular complexity index is 779. The Morgan fingerprint density at radius 3 is 2.68 bits per heavy atom. The number of benzene rings is 2. The van der Waals surface area contributed by atoms with Crippen LogP contribution >= 0.6 is 0 Å². The normalized spacial score (nSPS) is 15.8. The third kappa shape index (κ3) is 3.43. The Hall–Kier alpha value is -2.63. The van der Waals surface area contributed by atoms with Crippen molar-refractivity contribution in [2.45, 2.75) is 25.5 Å². The first kappa shape index (κ1) is 17.2. The standard InChI is InChI=1S/C19H19F2NO3/c1-22(15-9-7-12-5-3-4-6-14(12)15)18(23)13-8-10-16(25-19(20)21)17(11-13)24-2/h3-6,8,10-11,15,19H,7,9H2,1-2H3/t15-/m1/s1. The minimum absolute atomic E-state index is 0.00619. The van der Waals surface area contributed by atoms with Crippen LogP contribution in [0.25, 0.3) is 0 Å². The third-order valence-corrected chi connectivity index (χ3v) is 4.52. The Kier molecular flexibility index (Phi) is 4.88. The van der Waals surface area contributed by atoms with Gasteiger partial charge in [0, 0.05) is 12.6 Å². The van der Waals surface area contributed by atoms with Gasteiger partial charge in [-0.2, -0.15) is 8.78 Å². The lowest BCUT2D eigenvalue weighted by atomic mass is 10.1. The summed E-state index contributed by atoms with van der Waals surface area (Å²) in [5, 5.41) is 0. The quantitative estimate of drug-likeness (QED) is 0.819. The minimum atomic E-state index is -2.95. The Balaban J connectivity index is 1.83. The van der Waals surface area contributed by atoms with E-state index < -0.39 is 6.61 Å². The van der Waals surface area contributed by atoms with Crippen LogP contribution in [0.2, 0.25) is 0 Å². The lowest BCUT2D eigenvalue weighted by Gasteiger charge is -2.26. The van der Waals surface area contributed by atoms with E-state index in [0.717, 1.165) is 18.4 Å². The number of carbonyl (C=O) groups excluding carboxylic acids is 1. The number of aryl methyl sites for hydroxylation is 1. The number of amides is 1. The van der Waals surface area contributed by atoms with E-state index in [9.17, 15) is 13.6 Å². The molecule has 25 heavy (non-hydrogen) atoms. The predicted octanol–water partition coefficient (Wildman–Crippen LogP) is 4.06. The lowest BCUT2D eigenvalue weighted by molar-refractivity contribution is -0.0512. The number of carbonyl (C=O) groups is 1. The van der Waals surface area contributed by atoms with Crippen LogP contribution in [0.3, 0.4) is 0 Å². The zero-order valence-corrected chi connectivity index (χ0v) is 14.0. The number of fused-ring (bicyclic) bond motifs is 1. The highest BCUT2D eigenvalue weighted by Crippen LogP contribution is 2.36. The molecule has 1 aliphatic rings. The minimum Gasteiger partial charge on any atom is -0.493 e. The SMILES string of the molecule is COc1cc(C(=O)N(C)[C@@H]2CCc3ccccc32)ccc1OC(F)F. The van der Waals surface area contributed by atoms with Crippen LogP contribution in [0.1, 0.15) is 33.9 Å². The van der Waals surface area contributed by atoms with Crippen molar-refractivity contribution < 1.29 is 23.0 Å². The van der Waals surface area contributed by atoms with E-state index in [2.05, 4.69) is 10.8 Å². The molecule has 0 heterocycles. The van der Waals surface area contributed by atoms with Crippen LogP contribution in [0.5, 0.6) is 11.5 Å². The maximum absolute atomic E-state index is 12.8. The molecule has 0 saturated heterocycles. The summed E-state index contributed by atoms with van der Waals surface area (Å²) in [6, 6.07) is 12.3. The second kappa shape index (κ2) is 7.09. The number of alkyl halides is 2. The van der Waals surface area contributed by atoms with Crippen LogP contribution in [-0.2, 0) is 6.42 Å². The molecule has 1 aliphatic carbocycles. The van der Waals surface area contributed by atoms with E-state index in [1.807, 2.05) is 18.2 Å². The van der Waals surface area contributed by atoms with Crippen molar-refractivity contribution in [3.05, 3.63) is 59.2 Å². The van der Waals surface area contributed by atoms with E-state index in [0.29, 0.717) is 5.56 Å². The van der Waals surface area contributed by atoms with Gasteiger partial charge in [0.1, 0.15) is 0 Å². The van der Waals surface area contributed by atoms with Gasteiger partial charge in [-0.15, -0.1) is 0 Å². The van der Waals surface area contributed by atoms with Crippen molar-refractivity contribution in [2.24, 2.45) is 0 Å². The summed E-state index contributed by atoms with van der Waals surface area (Å²) >= 11 is 0. The zero-order chi connectivity index (χ0) is 18.0. The molecule has 1 atom stereocenters. The highest BCUT2D eigenvalue weighted by Gasteiger charge is 2.29. The van der Waals surface area contributed by atoms with Gasteiger partial charge >= 0.3 is 6.61 Å². The molecule has 0 aromatic heterocycles. The van der Waals surface area contributed by atoms with Crippen LogP contribution in [0.4, 0.5) is 8.78 Å². The summed E-state index contributed by atoms with van der Waals surface area (Å²) in [5.41, 5.74) is 2.78. The molecule has 4 nitrogen and oxygen atoms in total.